The maximum Gasteiger partial charge on any atom is 0.337 e. The number of hydrogen-bond acceptors (Lipinski definition) is 4. The van der Waals surface area contributed by atoms with Crippen molar-refractivity contribution in [2.45, 2.75) is 29.7 Å². The lowest BCUT2D eigenvalue weighted by molar-refractivity contribution is 0.0696. The van der Waals surface area contributed by atoms with Gasteiger partial charge in [0.05, 0.1) is 10.5 Å². The van der Waals surface area contributed by atoms with Gasteiger partial charge in [0.2, 0.25) is 9.84 Å². The van der Waals surface area contributed by atoms with Crippen LogP contribution in [0.3, 0.4) is 0 Å². The summed E-state index contributed by atoms with van der Waals surface area (Å²) in [4.78, 5) is 14.6. The molecule has 0 aliphatic carbocycles. The average molecular weight is 305 g/mol. The first kappa shape index (κ1) is 15.2. The summed E-state index contributed by atoms with van der Waals surface area (Å²) < 4.78 is 24.8. The second-order valence-electron chi connectivity index (χ2n) is 4.92. The zero-order valence-corrected chi connectivity index (χ0v) is 12.5. The Kier molecular flexibility index (Phi) is 4.09. The summed E-state index contributed by atoms with van der Waals surface area (Å²) in [6.45, 7) is 4.05. The highest BCUT2D eigenvalue weighted by molar-refractivity contribution is 7.91. The zero-order chi connectivity index (χ0) is 15.6. The van der Waals surface area contributed by atoms with Gasteiger partial charge in [0.1, 0.15) is 0 Å². The molecule has 0 amide bonds. The molecular weight excluding hydrogens is 290 g/mol. The van der Waals surface area contributed by atoms with Crippen LogP contribution in [0.1, 0.15) is 35.7 Å². The number of sulfone groups is 1. The molecule has 0 radical (unpaired) electrons. The summed E-state index contributed by atoms with van der Waals surface area (Å²) in [5.74, 6) is -0.831. The first-order valence-corrected chi connectivity index (χ1v) is 7.85. The number of aromatic carboxylic acids is 1. The van der Waals surface area contributed by atoms with Crippen molar-refractivity contribution >= 4 is 15.8 Å². The molecule has 0 atom stereocenters. The van der Waals surface area contributed by atoms with Crippen LogP contribution in [0.4, 0.5) is 0 Å². The summed E-state index contributed by atoms with van der Waals surface area (Å²) in [6, 6.07) is 9.04. The fourth-order valence-electron chi connectivity index (χ4n) is 1.82. The summed E-state index contributed by atoms with van der Waals surface area (Å²) in [6.07, 6.45) is 1.04. The van der Waals surface area contributed by atoms with Gasteiger partial charge in [-0.3, -0.25) is 0 Å². The minimum absolute atomic E-state index is 0.0518. The van der Waals surface area contributed by atoms with Crippen molar-refractivity contribution in [3.63, 3.8) is 0 Å². The quantitative estimate of drug-likeness (QED) is 0.939. The van der Waals surface area contributed by atoms with Crippen molar-refractivity contribution in [3.05, 3.63) is 53.7 Å². The van der Waals surface area contributed by atoms with Crippen LogP contribution in [0.15, 0.2) is 52.5 Å². The lowest BCUT2D eigenvalue weighted by atomic mass is 10.0. The van der Waals surface area contributed by atoms with Gasteiger partial charge in [0.15, 0.2) is 5.03 Å². The van der Waals surface area contributed by atoms with E-state index in [1.165, 1.54) is 24.3 Å². The monoisotopic (exact) mass is 305 g/mol. The van der Waals surface area contributed by atoms with Gasteiger partial charge in [-0.2, -0.15) is 0 Å². The molecule has 0 unspecified atom stereocenters. The summed E-state index contributed by atoms with van der Waals surface area (Å²) in [5, 5.41) is 8.63. The van der Waals surface area contributed by atoms with E-state index >= 15 is 0 Å². The number of rotatable bonds is 4. The van der Waals surface area contributed by atoms with Crippen LogP contribution in [0.25, 0.3) is 0 Å². The molecule has 1 N–H and O–H groups in total. The topological polar surface area (TPSA) is 84.3 Å². The Morgan fingerprint density at radius 1 is 1.10 bits per heavy atom. The van der Waals surface area contributed by atoms with Gasteiger partial charge in [0.25, 0.3) is 0 Å². The van der Waals surface area contributed by atoms with Gasteiger partial charge in [0, 0.05) is 6.20 Å². The van der Waals surface area contributed by atoms with E-state index in [0.717, 1.165) is 11.8 Å². The smallest absolute Gasteiger partial charge is 0.337 e. The molecule has 21 heavy (non-hydrogen) atoms. The van der Waals surface area contributed by atoms with Crippen molar-refractivity contribution in [3.8, 4) is 0 Å². The molecular formula is C15H15NO4S. The number of carboxylic acid groups (broad SMARTS) is 1. The molecule has 0 spiro atoms. The number of benzene rings is 1. The van der Waals surface area contributed by atoms with Crippen molar-refractivity contribution < 1.29 is 18.3 Å². The molecule has 1 aromatic carbocycles. The summed E-state index contributed by atoms with van der Waals surface area (Å²) >= 11 is 0. The van der Waals surface area contributed by atoms with E-state index in [9.17, 15) is 13.2 Å². The molecule has 2 aromatic rings. The third-order valence-electron chi connectivity index (χ3n) is 3.12. The van der Waals surface area contributed by atoms with Gasteiger partial charge in [-0.05, 0) is 35.7 Å². The standard InChI is InChI=1S/C15H15NO4S/c1-10(2)11-3-6-13(7-4-11)21(19,20)14-8-5-12(9-16-14)15(17)18/h3-10H,1-2H3,(H,17,18). The Labute approximate surface area is 123 Å². The first-order valence-electron chi connectivity index (χ1n) is 6.37. The Morgan fingerprint density at radius 2 is 1.71 bits per heavy atom. The Balaban J connectivity index is 2.39. The van der Waals surface area contributed by atoms with Gasteiger partial charge < -0.3 is 5.11 Å². The van der Waals surface area contributed by atoms with Crippen molar-refractivity contribution in [1.29, 1.82) is 0 Å². The molecule has 0 aliphatic rings. The second-order valence-corrected chi connectivity index (χ2v) is 6.81. The SMILES string of the molecule is CC(C)c1ccc(S(=O)(=O)c2ccc(C(=O)O)cn2)cc1. The second kappa shape index (κ2) is 5.65. The third-order valence-corrected chi connectivity index (χ3v) is 4.80. The molecule has 110 valence electrons. The van der Waals surface area contributed by atoms with E-state index in [1.54, 1.807) is 12.1 Å². The number of carboxylic acids is 1. The highest BCUT2D eigenvalue weighted by atomic mass is 32.2. The van der Waals surface area contributed by atoms with E-state index in [2.05, 4.69) is 4.98 Å². The normalized spacial score (nSPS) is 11.6. The third kappa shape index (κ3) is 3.11. The Bertz CT molecular complexity index is 747. The first-order chi connectivity index (χ1) is 9.82. The molecule has 1 heterocycles. The average Bonchev–Trinajstić information content (AvgIpc) is 2.47. The lowest BCUT2D eigenvalue weighted by Gasteiger charge is -2.07. The largest absolute Gasteiger partial charge is 0.478 e. The number of carbonyl (C=O) groups is 1. The Morgan fingerprint density at radius 3 is 2.14 bits per heavy atom. The van der Waals surface area contributed by atoms with Crippen LogP contribution >= 0.6 is 0 Å². The highest BCUT2D eigenvalue weighted by Gasteiger charge is 2.19. The fraction of sp³-hybridized carbons (Fsp3) is 0.200. The highest BCUT2D eigenvalue weighted by Crippen LogP contribution is 2.22. The van der Waals surface area contributed by atoms with Crippen LogP contribution in [0, 0.1) is 0 Å². The minimum Gasteiger partial charge on any atom is -0.478 e. The van der Waals surface area contributed by atoms with E-state index in [0.29, 0.717) is 5.92 Å². The molecule has 6 heteroatoms. The van der Waals surface area contributed by atoms with E-state index < -0.39 is 15.8 Å². The van der Waals surface area contributed by atoms with Gasteiger partial charge in [-0.1, -0.05) is 26.0 Å². The van der Waals surface area contributed by atoms with Gasteiger partial charge in [-0.25, -0.2) is 18.2 Å². The molecule has 0 bridgehead atoms. The van der Waals surface area contributed by atoms with Crippen molar-refractivity contribution in [2.75, 3.05) is 0 Å². The van der Waals surface area contributed by atoms with Crippen LogP contribution < -0.4 is 0 Å². The van der Waals surface area contributed by atoms with Crippen LogP contribution in [0.5, 0.6) is 0 Å². The molecule has 0 fully saturated rings. The number of aromatic nitrogens is 1. The summed E-state index contributed by atoms with van der Waals surface area (Å²) in [7, 11) is -3.73. The van der Waals surface area contributed by atoms with Gasteiger partial charge in [-0.15, -0.1) is 0 Å². The van der Waals surface area contributed by atoms with Gasteiger partial charge >= 0.3 is 5.97 Å². The fourth-order valence-corrected chi connectivity index (χ4v) is 2.99. The van der Waals surface area contributed by atoms with E-state index in [4.69, 9.17) is 5.11 Å². The van der Waals surface area contributed by atoms with E-state index in [-0.39, 0.29) is 15.5 Å². The molecule has 2 rings (SSSR count). The lowest BCUT2D eigenvalue weighted by Crippen LogP contribution is -2.06. The predicted molar refractivity (Wildman–Crippen MR) is 77.2 cm³/mol. The molecule has 1 aromatic heterocycles. The molecule has 0 saturated carbocycles. The molecule has 0 saturated heterocycles. The number of pyridine rings is 1. The number of hydrogen-bond donors (Lipinski definition) is 1. The van der Waals surface area contributed by atoms with Crippen LogP contribution in [-0.2, 0) is 9.84 Å². The summed E-state index contributed by atoms with van der Waals surface area (Å²) in [5.41, 5.74) is 0.993. The van der Waals surface area contributed by atoms with Crippen molar-refractivity contribution in [2.24, 2.45) is 0 Å². The maximum atomic E-state index is 12.4. The predicted octanol–water partition coefficient (Wildman–Crippen LogP) is 2.74. The van der Waals surface area contributed by atoms with Crippen molar-refractivity contribution in [1.82, 2.24) is 4.98 Å². The van der Waals surface area contributed by atoms with E-state index in [1.807, 2.05) is 13.8 Å². The molecule has 5 nitrogen and oxygen atoms in total. The zero-order valence-electron chi connectivity index (χ0n) is 11.6. The molecule has 0 aliphatic heterocycles. The number of nitrogens with zero attached hydrogens (tertiary/aromatic N) is 1. The van der Waals surface area contributed by atoms with Crippen LogP contribution in [0.2, 0.25) is 0 Å². The Hall–Kier alpha value is -2.21. The maximum absolute atomic E-state index is 12.4. The minimum atomic E-state index is -3.73. The van der Waals surface area contributed by atoms with Crippen LogP contribution in [-0.4, -0.2) is 24.5 Å².